The number of likely N-dealkylation sites (tertiary alicyclic amines) is 1. The first-order valence-corrected chi connectivity index (χ1v) is 11.1. The molecule has 8 heteroatoms. The zero-order valence-corrected chi connectivity index (χ0v) is 21.7. The number of nitrogens with one attached hydrogen (secondary N) is 2. The number of ether oxygens (including phenoxy) is 1. The molecule has 0 bridgehead atoms. The Labute approximate surface area is 212 Å². The largest absolute Gasteiger partial charge is 0.489 e. The second-order valence-corrected chi connectivity index (χ2v) is 8.30. The number of hydrogen-bond donors (Lipinski definition) is 2. The van der Waals surface area contributed by atoms with Crippen molar-refractivity contribution in [2.75, 3.05) is 33.2 Å². The van der Waals surface area contributed by atoms with Gasteiger partial charge in [-0.15, -0.1) is 24.0 Å². The van der Waals surface area contributed by atoms with E-state index in [9.17, 15) is 4.79 Å². The SMILES string of the molecule is CN=C(NCC1CC(=O)N(CCc2ccccc2)C1)NCC(C)Oc1cccc(Cl)c1.I. The Bertz CT molecular complexity index is 881. The molecule has 0 aromatic heterocycles. The number of benzene rings is 2. The topological polar surface area (TPSA) is 66.0 Å². The summed E-state index contributed by atoms with van der Waals surface area (Å²) in [4.78, 5) is 18.6. The molecule has 0 spiro atoms. The molecule has 2 aromatic carbocycles. The Kier molecular flexibility index (Phi) is 11.1. The second kappa shape index (κ2) is 13.5. The lowest BCUT2D eigenvalue weighted by Gasteiger charge is -2.19. The van der Waals surface area contributed by atoms with Crippen LogP contribution in [0.1, 0.15) is 18.9 Å². The standard InChI is InChI=1S/C24H31ClN4O2.HI/c1-18(31-22-10-6-9-21(25)14-22)15-27-24(26-2)28-16-20-13-23(30)29(17-20)12-11-19-7-4-3-5-8-19;/h3-10,14,18,20H,11-13,15-17H2,1-2H3,(H2,26,27,28);1H. The van der Waals surface area contributed by atoms with Gasteiger partial charge in [-0.05, 0) is 37.1 Å². The van der Waals surface area contributed by atoms with Gasteiger partial charge in [0.25, 0.3) is 0 Å². The van der Waals surface area contributed by atoms with Crippen molar-refractivity contribution in [1.29, 1.82) is 0 Å². The van der Waals surface area contributed by atoms with Gasteiger partial charge in [0.1, 0.15) is 11.9 Å². The van der Waals surface area contributed by atoms with Crippen LogP contribution in [0.3, 0.4) is 0 Å². The van der Waals surface area contributed by atoms with E-state index < -0.39 is 0 Å². The number of halogens is 2. The third kappa shape index (κ3) is 8.50. The molecule has 3 rings (SSSR count). The highest BCUT2D eigenvalue weighted by molar-refractivity contribution is 14.0. The van der Waals surface area contributed by atoms with Crippen molar-refractivity contribution in [2.45, 2.75) is 25.9 Å². The molecule has 1 saturated heterocycles. The zero-order valence-electron chi connectivity index (χ0n) is 18.6. The monoisotopic (exact) mass is 570 g/mol. The number of amides is 1. The van der Waals surface area contributed by atoms with Gasteiger partial charge in [-0.25, -0.2) is 0 Å². The number of nitrogens with zero attached hydrogens (tertiary/aromatic N) is 2. The lowest BCUT2D eigenvalue weighted by atomic mass is 10.1. The van der Waals surface area contributed by atoms with E-state index in [1.54, 1.807) is 13.1 Å². The van der Waals surface area contributed by atoms with Crippen LogP contribution in [0.4, 0.5) is 0 Å². The van der Waals surface area contributed by atoms with E-state index >= 15 is 0 Å². The van der Waals surface area contributed by atoms with Crippen molar-refractivity contribution in [1.82, 2.24) is 15.5 Å². The maximum atomic E-state index is 12.4. The van der Waals surface area contributed by atoms with E-state index in [1.807, 2.05) is 48.2 Å². The molecule has 174 valence electrons. The number of rotatable bonds is 9. The fourth-order valence-corrected chi connectivity index (χ4v) is 3.81. The van der Waals surface area contributed by atoms with Crippen molar-refractivity contribution in [2.24, 2.45) is 10.9 Å². The molecule has 1 aliphatic heterocycles. The summed E-state index contributed by atoms with van der Waals surface area (Å²) < 4.78 is 5.88. The van der Waals surface area contributed by atoms with Gasteiger partial charge in [0.05, 0.1) is 6.54 Å². The Hall–Kier alpha value is -2.00. The maximum absolute atomic E-state index is 12.4. The Morgan fingerprint density at radius 3 is 2.72 bits per heavy atom. The number of hydrogen-bond acceptors (Lipinski definition) is 3. The first kappa shape index (κ1) is 26.3. The van der Waals surface area contributed by atoms with E-state index in [1.165, 1.54) is 5.56 Å². The van der Waals surface area contributed by atoms with E-state index in [2.05, 4.69) is 27.8 Å². The molecule has 1 fully saturated rings. The highest BCUT2D eigenvalue weighted by atomic mass is 127. The third-order valence-electron chi connectivity index (χ3n) is 5.28. The van der Waals surface area contributed by atoms with Gasteiger partial charge in [-0.2, -0.15) is 0 Å². The number of carbonyl (C=O) groups excluding carboxylic acids is 1. The third-order valence-corrected chi connectivity index (χ3v) is 5.52. The van der Waals surface area contributed by atoms with Crippen LogP contribution in [0.15, 0.2) is 59.6 Å². The summed E-state index contributed by atoms with van der Waals surface area (Å²) in [6.07, 6.45) is 1.41. The van der Waals surface area contributed by atoms with Crippen molar-refractivity contribution in [3.05, 3.63) is 65.2 Å². The summed E-state index contributed by atoms with van der Waals surface area (Å²) >= 11 is 6.00. The van der Waals surface area contributed by atoms with Gasteiger partial charge in [-0.3, -0.25) is 9.79 Å². The van der Waals surface area contributed by atoms with Crippen molar-refractivity contribution < 1.29 is 9.53 Å². The Morgan fingerprint density at radius 1 is 1.22 bits per heavy atom. The molecule has 2 unspecified atom stereocenters. The quantitative estimate of drug-likeness (QED) is 0.272. The summed E-state index contributed by atoms with van der Waals surface area (Å²) in [5, 5.41) is 7.27. The summed E-state index contributed by atoms with van der Waals surface area (Å²) in [6.45, 7) is 4.84. The first-order valence-electron chi connectivity index (χ1n) is 10.7. The van der Waals surface area contributed by atoms with Crippen LogP contribution in [-0.2, 0) is 11.2 Å². The van der Waals surface area contributed by atoms with Gasteiger partial charge >= 0.3 is 0 Å². The van der Waals surface area contributed by atoms with Gasteiger partial charge < -0.3 is 20.3 Å². The van der Waals surface area contributed by atoms with Crippen LogP contribution < -0.4 is 15.4 Å². The number of guanidine groups is 1. The maximum Gasteiger partial charge on any atom is 0.223 e. The van der Waals surface area contributed by atoms with Crippen LogP contribution >= 0.6 is 35.6 Å². The molecule has 2 N–H and O–H groups in total. The molecule has 2 aromatic rings. The van der Waals surface area contributed by atoms with Gasteiger partial charge in [-0.1, -0.05) is 48.0 Å². The second-order valence-electron chi connectivity index (χ2n) is 7.87. The fourth-order valence-electron chi connectivity index (χ4n) is 3.63. The molecule has 1 heterocycles. The molecule has 1 amide bonds. The van der Waals surface area contributed by atoms with E-state index in [0.717, 1.165) is 25.3 Å². The molecule has 2 atom stereocenters. The summed E-state index contributed by atoms with van der Waals surface area (Å²) in [7, 11) is 1.74. The van der Waals surface area contributed by atoms with Crippen molar-refractivity contribution in [3.8, 4) is 5.75 Å². The number of carbonyl (C=O) groups is 1. The molecule has 6 nitrogen and oxygen atoms in total. The van der Waals surface area contributed by atoms with E-state index in [0.29, 0.717) is 30.5 Å². The Morgan fingerprint density at radius 2 is 2.00 bits per heavy atom. The van der Waals surface area contributed by atoms with E-state index in [4.69, 9.17) is 16.3 Å². The molecular formula is C24H32ClIN4O2. The highest BCUT2D eigenvalue weighted by Gasteiger charge is 2.29. The molecule has 0 aliphatic carbocycles. The van der Waals surface area contributed by atoms with Crippen LogP contribution in [-0.4, -0.2) is 56.1 Å². The van der Waals surface area contributed by atoms with Gasteiger partial charge in [0, 0.05) is 44.0 Å². The molecule has 0 radical (unpaired) electrons. The lowest BCUT2D eigenvalue weighted by molar-refractivity contribution is -0.127. The fraction of sp³-hybridized carbons (Fsp3) is 0.417. The minimum atomic E-state index is -0.0569. The van der Waals surface area contributed by atoms with Gasteiger partial charge in [0.15, 0.2) is 5.96 Å². The number of aliphatic imine (C=N–C) groups is 1. The predicted molar refractivity (Wildman–Crippen MR) is 141 cm³/mol. The molecular weight excluding hydrogens is 539 g/mol. The molecule has 1 aliphatic rings. The van der Waals surface area contributed by atoms with E-state index in [-0.39, 0.29) is 41.9 Å². The summed E-state index contributed by atoms with van der Waals surface area (Å²) in [5.74, 6) is 1.96. The normalized spacial score (nSPS) is 17.0. The zero-order chi connectivity index (χ0) is 22.1. The lowest BCUT2D eigenvalue weighted by Crippen LogP contribution is -2.43. The first-order chi connectivity index (χ1) is 15.0. The average molecular weight is 571 g/mol. The van der Waals surface area contributed by atoms with Crippen molar-refractivity contribution >= 4 is 47.4 Å². The van der Waals surface area contributed by atoms with Crippen LogP contribution in [0, 0.1) is 5.92 Å². The minimum Gasteiger partial charge on any atom is -0.489 e. The van der Waals surface area contributed by atoms with Crippen LogP contribution in [0.2, 0.25) is 5.02 Å². The predicted octanol–water partition coefficient (Wildman–Crippen LogP) is 3.98. The highest BCUT2D eigenvalue weighted by Crippen LogP contribution is 2.19. The van der Waals surface area contributed by atoms with Gasteiger partial charge in [0.2, 0.25) is 5.91 Å². The van der Waals surface area contributed by atoms with Crippen LogP contribution in [0.25, 0.3) is 0 Å². The molecule has 0 saturated carbocycles. The summed E-state index contributed by atoms with van der Waals surface area (Å²) in [5.41, 5.74) is 1.26. The van der Waals surface area contributed by atoms with Crippen LogP contribution in [0.5, 0.6) is 5.75 Å². The summed E-state index contributed by atoms with van der Waals surface area (Å²) in [6, 6.07) is 17.7. The Balaban J connectivity index is 0.00000363. The molecule has 32 heavy (non-hydrogen) atoms. The minimum absolute atomic E-state index is 0. The van der Waals surface area contributed by atoms with Crippen molar-refractivity contribution in [3.63, 3.8) is 0 Å². The smallest absolute Gasteiger partial charge is 0.223 e. The average Bonchev–Trinajstić information content (AvgIpc) is 3.12.